The average Bonchev–Trinajstić information content (AvgIpc) is 2.93. The highest BCUT2D eigenvalue weighted by Gasteiger charge is 2.16. The summed E-state index contributed by atoms with van der Waals surface area (Å²) in [6.45, 7) is 0.525. The number of nitrogens with one attached hydrogen (secondary N) is 1. The lowest BCUT2D eigenvalue weighted by Crippen LogP contribution is -2.32. The van der Waals surface area contributed by atoms with E-state index in [1.807, 2.05) is 65.2 Å². The molecule has 1 heterocycles. The standard InChI is InChI=1S/C18H19N3O3S/c19-25(23,24)11-10-20-18(22)17-12-15-8-4-5-9-16(15)21(17)13-14-6-2-1-3-7-14/h1-9,12H,10-11,13H2,(H,20,22)(H2,19,23,24). The zero-order valence-corrected chi connectivity index (χ0v) is 14.4. The quantitative estimate of drug-likeness (QED) is 0.703. The van der Waals surface area contributed by atoms with E-state index in [0.717, 1.165) is 16.5 Å². The first kappa shape index (κ1) is 17.2. The van der Waals surface area contributed by atoms with Gasteiger partial charge in [0.2, 0.25) is 10.0 Å². The number of aromatic nitrogens is 1. The van der Waals surface area contributed by atoms with Crippen molar-refractivity contribution in [2.75, 3.05) is 12.3 Å². The lowest BCUT2D eigenvalue weighted by molar-refractivity contribution is 0.0948. The van der Waals surface area contributed by atoms with Crippen molar-refractivity contribution in [2.45, 2.75) is 6.54 Å². The van der Waals surface area contributed by atoms with Crippen molar-refractivity contribution in [1.82, 2.24) is 9.88 Å². The second kappa shape index (κ2) is 7.08. The van der Waals surface area contributed by atoms with Gasteiger partial charge in [-0.25, -0.2) is 13.6 Å². The highest BCUT2D eigenvalue weighted by atomic mass is 32.2. The third-order valence-electron chi connectivity index (χ3n) is 3.90. The van der Waals surface area contributed by atoms with Gasteiger partial charge in [-0.2, -0.15) is 0 Å². The van der Waals surface area contributed by atoms with Crippen LogP contribution in [0.25, 0.3) is 10.9 Å². The summed E-state index contributed by atoms with van der Waals surface area (Å²) in [7, 11) is -3.61. The van der Waals surface area contributed by atoms with Crippen molar-refractivity contribution >= 4 is 26.8 Å². The van der Waals surface area contributed by atoms with E-state index in [1.54, 1.807) is 0 Å². The minimum absolute atomic E-state index is 0.0233. The first-order valence-corrected chi connectivity index (χ1v) is 9.56. The van der Waals surface area contributed by atoms with Gasteiger partial charge >= 0.3 is 0 Å². The van der Waals surface area contributed by atoms with Crippen LogP contribution in [0.1, 0.15) is 16.1 Å². The molecule has 0 spiro atoms. The molecule has 0 saturated carbocycles. The molecule has 3 aromatic rings. The van der Waals surface area contributed by atoms with E-state index >= 15 is 0 Å². The first-order chi connectivity index (χ1) is 11.9. The van der Waals surface area contributed by atoms with Gasteiger partial charge in [-0.3, -0.25) is 4.79 Å². The molecule has 0 atom stereocenters. The first-order valence-electron chi connectivity index (χ1n) is 7.85. The predicted molar refractivity (Wildman–Crippen MR) is 97.8 cm³/mol. The van der Waals surface area contributed by atoms with Crippen LogP contribution in [0, 0.1) is 0 Å². The molecule has 25 heavy (non-hydrogen) atoms. The SMILES string of the molecule is NS(=O)(=O)CCNC(=O)c1cc2ccccc2n1Cc1ccccc1. The number of nitrogens with zero attached hydrogens (tertiary/aromatic N) is 1. The molecule has 0 unspecified atom stereocenters. The minimum atomic E-state index is -3.61. The van der Waals surface area contributed by atoms with E-state index in [4.69, 9.17) is 5.14 Å². The maximum absolute atomic E-state index is 12.5. The number of fused-ring (bicyclic) bond motifs is 1. The maximum Gasteiger partial charge on any atom is 0.267 e. The Hall–Kier alpha value is -2.64. The minimum Gasteiger partial charge on any atom is -0.350 e. The molecule has 0 radical (unpaired) electrons. The van der Waals surface area contributed by atoms with Crippen LogP contribution in [0.5, 0.6) is 0 Å². The smallest absolute Gasteiger partial charge is 0.267 e. The topological polar surface area (TPSA) is 94.2 Å². The lowest BCUT2D eigenvalue weighted by atomic mass is 10.2. The molecular weight excluding hydrogens is 338 g/mol. The van der Waals surface area contributed by atoms with Crippen molar-refractivity contribution in [3.05, 3.63) is 71.9 Å². The molecule has 0 saturated heterocycles. The molecule has 0 fully saturated rings. The van der Waals surface area contributed by atoms with Crippen LogP contribution in [0.3, 0.4) is 0 Å². The normalized spacial score (nSPS) is 11.6. The number of rotatable bonds is 6. The number of hydrogen-bond acceptors (Lipinski definition) is 3. The number of sulfonamides is 1. The van der Waals surface area contributed by atoms with Crippen molar-refractivity contribution in [3.63, 3.8) is 0 Å². The Morgan fingerprint density at radius 2 is 1.72 bits per heavy atom. The second-order valence-electron chi connectivity index (χ2n) is 5.78. The fourth-order valence-corrected chi connectivity index (χ4v) is 3.12. The molecule has 0 aliphatic heterocycles. The summed E-state index contributed by atoms with van der Waals surface area (Å²) in [4.78, 5) is 12.5. The third-order valence-corrected chi connectivity index (χ3v) is 4.67. The fraction of sp³-hybridized carbons (Fsp3) is 0.167. The molecule has 6 nitrogen and oxygen atoms in total. The molecular formula is C18H19N3O3S. The Morgan fingerprint density at radius 1 is 1.04 bits per heavy atom. The molecule has 1 amide bonds. The number of amides is 1. The summed E-state index contributed by atoms with van der Waals surface area (Å²) < 4.78 is 24.0. The Morgan fingerprint density at radius 3 is 2.44 bits per heavy atom. The summed E-state index contributed by atoms with van der Waals surface area (Å²) in [6, 6.07) is 19.4. The van der Waals surface area contributed by atoms with Crippen LogP contribution >= 0.6 is 0 Å². The zero-order chi connectivity index (χ0) is 17.9. The van der Waals surface area contributed by atoms with E-state index in [2.05, 4.69) is 5.32 Å². The molecule has 0 aliphatic carbocycles. The number of nitrogens with two attached hydrogens (primary N) is 1. The summed E-state index contributed by atoms with van der Waals surface area (Å²) in [5, 5.41) is 8.55. The Kier molecular flexibility index (Phi) is 4.87. The van der Waals surface area contributed by atoms with E-state index in [1.165, 1.54) is 0 Å². The Balaban J connectivity index is 1.91. The second-order valence-corrected chi connectivity index (χ2v) is 7.52. The molecule has 3 N–H and O–H groups in total. The van der Waals surface area contributed by atoms with Gasteiger partial charge < -0.3 is 9.88 Å². The number of para-hydroxylation sites is 1. The molecule has 3 rings (SSSR count). The van der Waals surface area contributed by atoms with Crippen LogP contribution in [0.15, 0.2) is 60.7 Å². The largest absolute Gasteiger partial charge is 0.350 e. The van der Waals surface area contributed by atoms with Crippen molar-refractivity contribution < 1.29 is 13.2 Å². The summed E-state index contributed by atoms with van der Waals surface area (Å²) in [5.41, 5.74) is 2.50. The third kappa shape index (κ3) is 4.26. The van der Waals surface area contributed by atoms with Gasteiger partial charge in [0.1, 0.15) is 5.69 Å². The summed E-state index contributed by atoms with van der Waals surface area (Å²) in [5.74, 6) is -0.617. The predicted octanol–water partition coefficient (Wildman–Crippen LogP) is 1.71. The fourth-order valence-electron chi connectivity index (χ4n) is 2.73. The molecule has 7 heteroatoms. The Bertz CT molecular complexity index is 995. The highest BCUT2D eigenvalue weighted by Crippen LogP contribution is 2.21. The molecule has 2 aromatic carbocycles. The van der Waals surface area contributed by atoms with Crippen LogP contribution in [0.4, 0.5) is 0 Å². The summed E-state index contributed by atoms with van der Waals surface area (Å²) in [6.07, 6.45) is 0. The van der Waals surface area contributed by atoms with E-state index < -0.39 is 10.0 Å². The van der Waals surface area contributed by atoms with Gasteiger partial charge in [0.15, 0.2) is 0 Å². The van der Waals surface area contributed by atoms with Gasteiger partial charge in [-0.15, -0.1) is 0 Å². The molecule has 0 bridgehead atoms. The van der Waals surface area contributed by atoms with Gasteiger partial charge in [0.05, 0.1) is 5.75 Å². The molecule has 130 valence electrons. The van der Waals surface area contributed by atoms with E-state index in [-0.39, 0.29) is 18.2 Å². The number of carbonyl (C=O) groups is 1. The van der Waals surface area contributed by atoms with Crippen molar-refractivity contribution in [1.29, 1.82) is 0 Å². The van der Waals surface area contributed by atoms with Crippen LogP contribution < -0.4 is 10.5 Å². The number of carbonyl (C=O) groups excluding carboxylic acids is 1. The van der Waals surface area contributed by atoms with Gasteiger partial charge in [0, 0.05) is 24.0 Å². The van der Waals surface area contributed by atoms with Crippen molar-refractivity contribution in [3.8, 4) is 0 Å². The van der Waals surface area contributed by atoms with E-state index in [0.29, 0.717) is 12.2 Å². The van der Waals surface area contributed by atoms with Gasteiger partial charge in [-0.1, -0.05) is 48.5 Å². The van der Waals surface area contributed by atoms with Crippen molar-refractivity contribution in [2.24, 2.45) is 5.14 Å². The average molecular weight is 357 g/mol. The molecule has 0 aliphatic rings. The number of primary sulfonamides is 1. The summed E-state index contributed by atoms with van der Waals surface area (Å²) >= 11 is 0. The Labute approximate surface area is 146 Å². The number of benzene rings is 2. The van der Waals surface area contributed by atoms with Crippen LogP contribution in [0.2, 0.25) is 0 Å². The maximum atomic E-state index is 12.5. The van der Waals surface area contributed by atoms with Crippen LogP contribution in [-0.2, 0) is 16.6 Å². The number of hydrogen-bond donors (Lipinski definition) is 2. The van der Waals surface area contributed by atoms with Gasteiger partial charge in [-0.05, 0) is 17.7 Å². The van der Waals surface area contributed by atoms with E-state index in [9.17, 15) is 13.2 Å². The monoisotopic (exact) mass is 357 g/mol. The lowest BCUT2D eigenvalue weighted by Gasteiger charge is -2.11. The zero-order valence-electron chi connectivity index (χ0n) is 13.6. The molecule has 1 aromatic heterocycles. The van der Waals surface area contributed by atoms with Crippen LogP contribution in [-0.4, -0.2) is 31.2 Å². The van der Waals surface area contributed by atoms with Gasteiger partial charge in [0.25, 0.3) is 5.91 Å². The highest BCUT2D eigenvalue weighted by molar-refractivity contribution is 7.89.